The van der Waals surface area contributed by atoms with Crippen LogP contribution in [-0.2, 0) is 4.79 Å². The Morgan fingerprint density at radius 2 is 1.73 bits per heavy atom. The van der Waals surface area contributed by atoms with Gasteiger partial charge in [0.25, 0.3) is 5.22 Å². The van der Waals surface area contributed by atoms with Gasteiger partial charge in [-0.2, -0.15) is 0 Å². The molecule has 170 valence electrons. The number of anilines is 1. The van der Waals surface area contributed by atoms with Crippen LogP contribution in [0.2, 0.25) is 0 Å². The van der Waals surface area contributed by atoms with Gasteiger partial charge in [0.2, 0.25) is 17.5 Å². The largest absolute Gasteiger partial charge is 0.493 e. The van der Waals surface area contributed by atoms with E-state index in [9.17, 15) is 9.59 Å². The molecule has 0 spiro atoms. The number of nitrogens with zero attached hydrogens (tertiary/aromatic N) is 2. The molecule has 2 aromatic heterocycles. The lowest BCUT2D eigenvalue weighted by Gasteiger charge is -2.12. The van der Waals surface area contributed by atoms with Crippen molar-refractivity contribution in [2.24, 2.45) is 0 Å². The number of hydrogen-bond acceptors (Lipinski definition) is 10. The van der Waals surface area contributed by atoms with Crippen LogP contribution in [0.4, 0.5) is 5.69 Å². The van der Waals surface area contributed by atoms with E-state index in [1.54, 1.807) is 36.4 Å². The number of carbonyl (C=O) groups is 1. The van der Waals surface area contributed by atoms with Gasteiger partial charge in [0, 0.05) is 22.7 Å². The van der Waals surface area contributed by atoms with Crippen LogP contribution in [0.3, 0.4) is 0 Å². The standard InChI is InChI=1S/C22H19N3O7S/c1-28-16-9-13(10-17(29-2)20(16)30-3)21-24-25-22(32-21)33-11-18(26)23-14-5-6-15-12(8-14)4-7-19(27)31-15/h4-10H,11H2,1-3H3,(H,23,26). The molecule has 11 heteroatoms. The average molecular weight is 469 g/mol. The summed E-state index contributed by atoms with van der Waals surface area (Å²) >= 11 is 1.10. The third kappa shape index (κ3) is 4.93. The molecule has 1 N–H and O–H groups in total. The van der Waals surface area contributed by atoms with Crippen LogP contribution in [0.15, 0.2) is 61.3 Å². The molecule has 0 saturated carbocycles. The van der Waals surface area contributed by atoms with Crippen molar-refractivity contribution in [2.75, 3.05) is 32.4 Å². The molecule has 2 heterocycles. The van der Waals surface area contributed by atoms with Gasteiger partial charge in [-0.1, -0.05) is 11.8 Å². The van der Waals surface area contributed by atoms with Crippen LogP contribution in [-0.4, -0.2) is 43.2 Å². The van der Waals surface area contributed by atoms with E-state index in [4.69, 9.17) is 23.0 Å². The normalized spacial score (nSPS) is 10.8. The number of aromatic nitrogens is 2. The second kappa shape index (κ2) is 9.65. The molecule has 0 radical (unpaired) electrons. The van der Waals surface area contributed by atoms with Gasteiger partial charge in [-0.05, 0) is 36.4 Å². The Morgan fingerprint density at radius 1 is 0.970 bits per heavy atom. The topological polar surface area (TPSA) is 126 Å². The highest BCUT2D eigenvalue weighted by molar-refractivity contribution is 7.99. The molecule has 1 amide bonds. The summed E-state index contributed by atoms with van der Waals surface area (Å²) in [5.74, 6) is 1.39. The molecule has 2 aromatic carbocycles. The fraction of sp³-hybridized carbons (Fsp3) is 0.182. The highest BCUT2D eigenvalue weighted by Gasteiger charge is 2.18. The summed E-state index contributed by atoms with van der Waals surface area (Å²) in [5.41, 5.74) is 1.17. The first-order valence-electron chi connectivity index (χ1n) is 9.61. The average Bonchev–Trinajstić information content (AvgIpc) is 3.31. The number of carbonyl (C=O) groups excluding carboxylic acids is 1. The van der Waals surface area contributed by atoms with Crippen molar-refractivity contribution < 1.29 is 27.8 Å². The van der Waals surface area contributed by atoms with Crippen LogP contribution in [0.5, 0.6) is 17.2 Å². The lowest BCUT2D eigenvalue weighted by atomic mass is 10.2. The van der Waals surface area contributed by atoms with Crippen molar-refractivity contribution in [3.63, 3.8) is 0 Å². The Balaban J connectivity index is 1.42. The van der Waals surface area contributed by atoms with Gasteiger partial charge in [0.15, 0.2) is 11.5 Å². The summed E-state index contributed by atoms with van der Waals surface area (Å²) in [5, 5.41) is 11.7. The summed E-state index contributed by atoms with van der Waals surface area (Å²) in [6, 6.07) is 11.3. The van der Waals surface area contributed by atoms with Crippen molar-refractivity contribution >= 4 is 34.3 Å². The van der Waals surface area contributed by atoms with Crippen molar-refractivity contribution in [2.45, 2.75) is 5.22 Å². The summed E-state index contributed by atoms with van der Waals surface area (Å²) in [6.07, 6.45) is 0. The monoisotopic (exact) mass is 469 g/mol. The zero-order valence-corrected chi connectivity index (χ0v) is 18.7. The minimum absolute atomic E-state index is 0.0544. The third-order valence-electron chi connectivity index (χ3n) is 4.55. The first kappa shape index (κ1) is 22.2. The van der Waals surface area contributed by atoms with Crippen LogP contribution < -0.4 is 25.2 Å². The maximum Gasteiger partial charge on any atom is 0.336 e. The van der Waals surface area contributed by atoms with Crippen molar-refractivity contribution in [1.29, 1.82) is 0 Å². The van der Waals surface area contributed by atoms with Crippen molar-refractivity contribution in [1.82, 2.24) is 10.2 Å². The van der Waals surface area contributed by atoms with E-state index in [-0.39, 0.29) is 22.8 Å². The predicted octanol–water partition coefficient (Wildman–Crippen LogP) is 3.60. The number of thioether (sulfide) groups is 1. The maximum atomic E-state index is 12.3. The zero-order chi connectivity index (χ0) is 23.4. The van der Waals surface area contributed by atoms with E-state index < -0.39 is 5.63 Å². The Hall–Kier alpha value is -3.99. The van der Waals surface area contributed by atoms with E-state index in [1.165, 1.54) is 27.4 Å². The lowest BCUT2D eigenvalue weighted by Crippen LogP contribution is -2.14. The molecule has 0 bridgehead atoms. The minimum Gasteiger partial charge on any atom is -0.493 e. The van der Waals surface area contributed by atoms with Gasteiger partial charge in [-0.3, -0.25) is 4.79 Å². The molecule has 0 unspecified atom stereocenters. The van der Waals surface area contributed by atoms with Gasteiger partial charge in [0.1, 0.15) is 5.58 Å². The fourth-order valence-corrected chi connectivity index (χ4v) is 3.63. The molecule has 0 atom stereocenters. The molecule has 0 aliphatic carbocycles. The Morgan fingerprint density at radius 3 is 2.42 bits per heavy atom. The number of rotatable bonds is 8. The van der Waals surface area contributed by atoms with Crippen LogP contribution >= 0.6 is 11.8 Å². The molecular weight excluding hydrogens is 450 g/mol. The maximum absolute atomic E-state index is 12.3. The van der Waals surface area contributed by atoms with Crippen LogP contribution in [0.25, 0.3) is 22.4 Å². The first-order valence-corrected chi connectivity index (χ1v) is 10.6. The highest BCUT2D eigenvalue weighted by atomic mass is 32.2. The number of hydrogen-bond donors (Lipinski definition) is 1. The second-order valence-electron chi connectivity index (χ2n) is 6.63. The molecule has 0 aliphatic heterocycles. The van der Waals surface area contributed by atoms with E-state index >= 15 is 0 Å². The summed E-state index contributed by atoms with van der Waals surface area (Å²) < 4.78 is 26.8. The number of nitrogens with one attached hydrogen (secondary N) is 1. The number of methoxy groups -OCH3 is 3. The van der Waals surface area contributed by atoms with Gasteiger partial charge in [-0.15, -0.1) is 10.2 Å². The number of amides is 1. The molecule has 0 saturated heterocycles. The fourth-order valence-electron chi connectivity index (χ4n) is 3.06. The Bertz CT molecular complexity index is 1340. The second-order valence-corrected chi connectivity index (χ2v) is 7.56. The van der Waals surface area contributed by atoms with Gasteiger partial charge < -0.3 is 28.4 Å². The SMILES string of the molecule is COc1cc(-c2nnc(SCC(=O)Nc3ccc4oc(=O)ccc4c3)o2)cc(OC)c1OC. The first-order chi connectivity index (χ1) is 16.0. The summed E-state index contributed by atoms with van der Waals surface area (Å²) in [4.78, 5) is 23.6. The van der Waals surface area contributed by atoms with Crippen molar-refractivity contribution in [3.05, 3.63) is 52.9 Å². The zero-order valence-electron chi connectivity index (χ0n) is 17.9. The predicted molar refractivity (Wildman–Crippen MR) is 121 cm³/mol. The van der Waals surface area contributed by atoms with E-state index in [1.807, 2.05) is 0 Å². The van der Waals surface area contributed by atoms with E-state index in [2.05, 4.69) is 15.5 Å². The van der Waals surface area contributed by atoms with E-state index in [0.29, 0.717) is 39.5 Å². The van der Waals surface area contributed by atoms with Gasteiger partial charge >= 0.3 is 5.63 Å². The molecule has 4 rings (SSSR count). The molecule has 33 heavy (non-hydrogen) atoms. The summed E-state index contributed by atoms with van der Waals surface area (Å²) in [6.45, 7) is 0. The molecular formula is C22H19N3O7S. The molecule has 4 aromatic rings. The minimum atomic E-state index is -0.429. The lowest BCUT2D eigenvalue weighted by molar-refractivity contribution is -0.113. The number of benzene rings is 2. The van der Waals surface area contributed by atoms with Crippen molar-refractivity contribution in [3.8, 4) is 28.7 Å². The molecule has 0 aliphatic rings. The van der Waals surface area contributed by atoms with Gasteiger partial charge in [-0.25, -0.2) is 4.79 Å². The molecule has 10 nitrogen and oxygen atoms in total. The summed E-state index contributed by atoms with van der Waals surface area (Å²) in [7, 11) is 4.54. The van der Waals surface area contributed by atoms with Crippen LogP contribution in [0.1, 0.15) is 0 Å². The Labute approximate surface area is 191 Å². The van der Waals surface area contributed by atoms with E-state index in [0.717, 1.165) is 11.8 Å². The number of ether oxygens (including phenoxy) is 3. The van der Waals surface area contributed by atoms with Gasteiger partial charge in [0.05, 0.1) is 27.1 Å². The number of fused-ring (bicyclic) bond motifs is 1. The van der Waals surface area contributed by atoms with Crippen LogP contribution in [0, 0.1) is 0 Å². The smallest absolute Gasteiger partial charge is 0.336 e. The Kier molecular flexibility index (Phi) is 6.50. The molecule has 0 fully saturated rings. The quantitative estimate of drug-likeness (QED) is 0.302. The highest BCUT2D eigenvalue weighted by Crippen LogP contribution is 2.41. The third-order valence-corrected chi connectivity index (χ3v) is 5.37.